The number of aryl methyl sites for hydroxylation is 1. The largest absolute Gasteiger partial charge is 0.368 e. The Bertz CT molecular complexity index is 417. The maximum absolute atomic E-state index is 12.3. The highest BCUT2D eigenvalue weighted by molar-refractivity contribution is 7.99. The molecule has 2 N–H and O–H groups in total. The molecule has 0 bridgehead atoms. The van der Waals surface area contributed by atoms with Crippen LogP contribution in [0.25, 0.3) is 0 Å². The van der Waals surface area contributed by atoms with Gasteiger partial charge in [-0.1, -0.05) is 0 Å². The van der Waals surface area contributed by atoms with Gasteiger partial charge in [-0.05, 0) is 19.9 Å². The Morgan fingerprint density at radius 2 is 2.35 bits per heavy atom. The van der Waals surface area contributed by atoms with Gasteiger partial charge in [0.1, 0.15) is 5.69 Å². The SMILES string of the molecule is Cc1cc(C(=O)N2CCSCC2C)nc(N)n1. The fraction of sp³-hybridized carbons (Fsp3) is 0.545. The molecule has 0 aromatic carbocycles. The van der Waals surface area contributed by atoms with Gasteiger partial charge in [0.2, 0.25) is 5.95 Å². The summed E-state index contributed by atoms with van der Waals surface area (Å²) in [5.74, 6) is 2.07. The van der Waals surface area contributed by atoms with Crippen LogP contribution in [0.3, 0.4) is 0 Å². The van der Waals surface area contributed by atoms with Gasteiger partial charge in [-0.15, -0.1) is 0 Å². The molecule has 2 heterocycles. The van der Waals surface area contributed by atoms with Crippen LogP contribution in [-0.4, -0.2) is 44.9 Å². The molecule has 2 rings (SSSR count). The van der Waals surface area contributed by atoms with Crippen LogP contribution >= 0.6 is 11.8 Å². The molecule has 1 atom stereocenters. The number of hydrogen-bond acceptors (Lipinski definition) is 5. The predicted molar refractivity (Wildman–Crippen MR) is 69.0 cm³/mol. The van der Waals surface area contributed by atoms with Crippen LogP contribution in [0.4, 0.5) is 5.95 Å². The minimum atomic E-state index is -0.0463. The Hall–Kier alpha value is -1.30. The second-order valence-electron chi connectivity index (χ2n) is 4.18. The number of nitrogens with zero attached hydrogens (tertiary/aromatic N) is 3. The molecule has 1 aromatic rings. The molecular formula is C11H16N4OS. The van der Waals surface area contributed by atoms with Gasteiger partial charge in [0.25, 0.3) is 5.91 Å². The van der Waals surface area contributed by atoms with Crippen molar-refractivity contribution in [2.75, 3.05) is 23.8 Å². The Morgan fingerprint density at radius 1 is 1.59 bits per heavy atom. The van der Waals surface area contributed by atoms with Gasteiger partial charge >= 0.3 is 0 Å². The van der Waals surface area contributed by atoms with Gasteiger partial charge in [0, 0.05) is 29.8 Å². The number of hydrogen-bond donors (Lipinski definition) is 1. The van der Waals surface area contributed by atoms with Crippen LogP contribution in [0.15, 0.2) is 6.07 Å². The van der Waals surface area contributed by atoms with Gasteiger partial charge in [0.05, 0.1) is 0 Å². The van der Waals surface area contributed by atoms with Crippen molar-refractivity contribution in [3.05, 3.63) is 17.5 Å². The third-order valence-corrected chi connectivity index (χ3v) is 3.91. The molecule has 92 valence electrons. The molecule has 0 aliphatic carbocycles. The standard InChI is InChI=1S/C11H16N4OS/c1-7-5-9(14-11(12)13-7)10(16)15-3-4-17-6-8(15)2/h5,8H,3-4,6H2,1-2H3,(H2,12,13,14). The highest BCUT2D eigenvalue weighted by atomic mass is 32.2. The highest BCUT2D eigenvalue weighted by Crippen LogP contribution is 2.18. The van der Waals surface area contributed by atoms with Crippen molar-refractivity contribution in [3.63, 3.8) is 0 Å². The molecule has 1 aliphatic rings. The van der Waals surface area contributed by atoms with E-state index in [4.69, 9.17) is 5.73 Å². The van der Waals surface area contributed by atoms with E-state index in [1.807, 2.05) is 23.6 Å². The third kappa shape index (κ3) is 2.69. The molecule has 1 aromatic heterocycles. The second-order valence-corrected chi connectivity index (χ2v) is 5.33. The molecule has 1 fully saturated rings. The van der Waals surface area contributed by atoms with Gasteiger partial charge in [-0.3, -0.25) is 4.79 Å². The minimum Gasteiger partial charge on any atom is -0.368 e. The van der Waals surface area contributed by atoms with Crippen molar-refractivity contribution in [2.45, 2.75) is 19.9 Å². The fourth-order valence-corrected chi connectivity index (χ4v) is 2.89. The number of amides is 1. The maximum atomic E-state index is 12.3. The first-order chi connectivity index (χ1) is 8.08. The summed E-state index contributed by atoms with van der Waals surface area (Å²) in [5.41, 5.74) is 6.68. The van der Waals surface area contributed by atoms with E-state index >= 15 is 0 Å². The van der Waals surface area contributed by atoms with Crippen LogP contribution in [0.2, 0.25) is 0 Å². The normalized spacial score (nSPS) is 20.4. The molecule has 1 amide bonds. The molecule has 6 heteroatoms. The number of carbonyl (C=O) groups excluding carboxylic acids is 1. The van der Waals surface area contributed by atoms with Gasteiger partial charge in [-0.25, -0.2) is 9.97 Å². The molecule has 0 spiro atoms. The number of thioether (sulfide) groups is 1. The minimum absolute atomic E-state index is 0.0463. The number of carbonyl (C=O) groups is 1. The fourth-order valence-electron chi connectivity index (χ4n) is 1.88. The van der Waals surface area contributed by atoms with Crippen LogP contribution < -0.4 is 5.73 Å². The lowest BCUT2D eigenvalue weighted by Gasteiger charge is -2.32. The van der Waals surface area contributed by atoms with Crippen LogP contribution in [0.5, 0.6) is 0 Å². The summed E-state index contributed by atoms with van der Waals surface area (Å²) in [6.45, 7) is 4.64. The molecule has 17 heavy (non-hydrogen) atoms. The van der Waals surface area contributed by atoms with Crippen molar-refractivity contribution in [3.8, 4) is 0 Å². The number of nitrogens with two attached hydrogens (primary N) is 1. The zero-order chi connectivity index (χ0) is 12.4. The zero-order valence-electron chi connectivity index (χ0n) is 10.0. The lowest BCUT2D eigenvalue weighted by Crippen LogP contribution is -2.44. The first-order valence-electron chi connectivity index (χ1n) is 5.58. The predicted octanol–water partition coefficient (Wildman–Crippen LogP) is 0.945. The third-order valence-electron chi connectivity index (χ3n) is 2.72. The van der Waals surface area contributed by atoms with Gasteiger partial charge < -0.3 is 10.6 Å². The molecular weight excluding hydrogens is 236 g/mol. The maximum Gasteiger partial charge on any atom is 0.272 e. The molecule has 5 nitrogen and oxygen atoms in total. The Labute approximate surface area is 105 Å². The second kappa shape index (κ2) is 4.91. The topological polar surface area (TPSA) is 72.1 Å². The van der Waals surface area contributed by atoms with Crippen LogP contribution in [0.1, 0.15) is 23.1 Å². The molecule has 0 radical (unpaired) electrons. The summed E-state index contributed by atoms with van der Waals surface area (Å²) in [6, 6.07) is 1.94. The summed E-state index contributed by atoms with van der Waals surface area (Å²) >= 11 is 1.87. The van der Waals surface area contributed by atoms with Gasteiger partial charge in [0.15, 0.2) is 0 Å². The van der Waals surface area contributed by atoms with E-state index in [0.717, 1.165) is 23.7 Å². The van der Waals surface area contributed by atoms with E-state index in [9.17, 15) is 4.79 Å². The lowest BCUT2D eigenvalue weighted by atomic mass is 10.2. The van der Waals surface area contributed by atoms with E-state index in [2.05, 4.69) is 16.9 Å². The quantitative estimate of drug-likeness (QED) is 0.805. The monoisotopic (exact) mass is 252 g/mol. The Balaban J connectivity index is 2.23. The van der Waals surface area contributed by atoms with Crippen molar-refractivity contribution in [1.29, 1.82) is 0 Å². The number of nitrogen functional groups attached to an aromatic ring is 1. The lowest BCUT2D eigenvalue weighted by molar-refractivity contribution is 0.0710. The van der Waals surface area contributed by atoms with E-state index in [0.29, 0.717) is 5.69 Å². The first kappa shape index (κ1) is 12.2. The molecule has 1 saturated heterocycles. The summed E-state index contributed by atoms with van der Waals surface area (Å²) in [7, 11) is 0. The Morgan fingerprint density at radius 3 is 3.00 bits per heavy atom. The number of anilines is 1. The summed E-state index contributed by atoms with van der Waals surface area (Å²) < 4.78 is 0. The summed E-state index contributed by atoms with van der Waals surface area (Å²) in [6.07, 6.45) is 0. The van der Waals surface area contributed by atoms with Crippen molar-refractivity contribution >= 4 is 23.6 Å². The van der Waals surface area contributed by atoms with Crippen molar-refractivity contribution < 1.29 is 4.79 Å². The summed E-state index contributed by atoms with van der Waals surface area (Å²) in [4.78, 5) is 22.1. The van der Waals surface area contributed by atoms with Crippen molar-refractivity contribution in [2.24, 2.45) is 0 Å². The highest BCUT2D eigenvalue weighted by Gasteiger charge is 2.25. The van der Waals surface area contributed by atoms with E-state index in [1.165, 1.54) is 0 Å². The molecule has 1 aliphatic heterocycles. The van der Waals surface area contributed by atoms with Crippen molar-refractivity contribution in [1.82, 2.24) is 14.9 Å². The van der Waals surface area contributed by atoms with E-state index in [-0.39, 0.29) is 17.9 Å². The molecule has 1 unspecified atom stereocenters. The van der Waals surface area contributed by atoms with E-state index < -0.39 is 0 Å². The average Bonchev–Trinajstić information content (AvgIpc) is 2.27. The van der Waals surface area contributed by atoms with E-state index in [1.54, 1.807) is 6.07 Å². The first-order valence-corrected chi connectivity index (χ1v) is 6.73. The van der Waals surface area contributed by atoms with Crippen LogP contribution in [0, 0.1) is 6.92 Å². The number of aromatic nitrogens is 2. The van der Waals surface area contributed by atoms with Crippen LogP contribution in [-0.2, 0) is 0 Å². The Kier molecular flexibility index (Phi) is 3.51. The zero-order valence-corrected chi connectivity index (χ0v) is 10.8. The average molecular weight is 252 g/mol. The number of rotatable bonds is 1. The smallest absolute Gasteiger partial charge is 0.272 e. The van der Waals surface area contributed by atoms with Gasteiger partial charge in [-0.2, -0.15) is 11.8 Å². The summed E-state index contributed by atoms with van der Waals surface area (Å²) in [5, 5.41) is 0. The molecule has 0 saturated carbocycles.